The van der Waals surface area contributed by atoms with Gasteiger partial charge in [-0.15, -0.1) is 0 Å². The quantitative estimate of drug-likeness (QED) is 0.164. The summed E-state index contributed by atoms with van der Waals surface area (Å²) in [5.74, 6) is 1.60. The summed E-state index contributed by atoms with van der Waals surface area (Å²) in [6.45, 7) is 0. The molecule has 248 valence electrons. The molecule has 0 aliphatic heterocycles. The van der Waals surface area contributed by atoms with E-state index in [0.29, 0.717) is 5.82 Å². The molecule has 10 aromatic rings. The number of fused-ring (bicyclic) bond motifs is 6. The molecule has 0 amide bonds. The van der Waals surface area contributed by atoms with E-state index in [1.54, 1.807) is 0 Å². The molecule has 0 bridgehead atoms. The molecule has 0 saturated heterocycles. The normalized spacial score (nSPS) is 11.4. The number of benzene rings is 7. The van der Waals surface area contributed by atoms with E-state index in [1.807, 2.05) is 48.8 Å². The van der Waals surface area contributed by atoms with E-state index in [9.17, 15) is 0 Å². The highest BCUT2D eigenvalue weighted by Gasteiger charge is 2.20. The number of rotatable bonds is 6. The molecule has 5 nitrogen and oxygen atoms in total. The topological polar surface area (TPSA) is 56.5 Å². The Labute approximate surface area is 306 Å². The van der Waals surface area contributed by atoms with Crippen LogP contribution in [0.2, 0.25) is 0 Å². The first kappa shape index (κ1) is 30.6. The summed E-state index contributed by atoms with van der Waals surface area (Å²) in [4.78, 5) is 19.8. The molecule has 3 heterocycles. The zero-order chi connectivity index (χ0) is 35.1. The molecule has 0 fully saturated rings. The van der Waals surface area contributed by atoms with Gasteiger partial charge in [0.05, 0.1) is 22.4 Å². The monoisotopic (exact) mass is 677 g/mol. The highest BCUT2D eigenvalue weighted by atomic mass is 15.1. The van der Waals surface area contributed by atoms with Crippen LogP contribution in [-0.2, 0) is 0 Å². The van der Waals surface area contributed by atoms with Crippen LogP contribution in [0.3, 0.4) is 0 Å². The average Bonchev–Trinajstić information content (AvgIpc) is 3.66. The summed E-state index contributed by atoms with van der Waals surface area (Å²) in [7, 11) is 0. The molecule has 0 atom stereocenters. The van der Waals surface area contributed by atoms with Crippen molar-refractivity contribution in [2.75, 3.05) is 0 Å². The van der Waals surface area contributed by atoms with Gasteiger partial charge in [0.25, 0.3) is 0 Å². The van der Waals surface area contributed by atoms with Crippen molar-refractivity contribution in [1.29, 1.82) is 0 Å². The number of pyridine rings is 1. The van der Waals surface area contributed by atoms with Crippen LogP contribution in [0.4, 0.5) is 0 Å². The molecule has 0 spiro atoms. The lowest BCUT2D eigenvalue weighted by molar-refractivity contribution is 1.11. The van der Waals surface area contributed by atoms with Crippen molar-refractivity contribution < 1.29 is 0 Å². The predicted octanol–water partition coefficient (Wildman–Crippen LogP) is 11.9. The van der Waals surface area contributed by atoms with E-state index >= 15 is 0 Å². The van der Waals surface area contributed by atoms with Gasteiger partial charge in [0.2, 0.25) is 0 Å². The van der Waals surface area contributed by atoms with Gasteiger partial charge in [-0.2, -0.15) is 0 Å². The maximum atomic E-state index is 5.35. The van der Waals surface area contributed by atoms with Gasteiger partial charge in [-0.05, 0) is 46.2 Å². The van der Waals surface area contributed by atoms with Gasteiger partial charge in [0, 0.05) is 51.1 Å². The molecule has 3 aromatic heterocycles. The van der Waals surface area contributed by atoms with E-state index in [1.165, 1.54) is 5.39 Å². The molecule has 0 radical (unpaired) electrons. The van der Waals surface area contributed by atoms with Crippen molar-refractivity contribution >= 4 is 32.6 Å². The second-order valence-corrected chi connectivity index (χ2v) is 13.1. The summed E-state index contributed by atoms with van der Waals surface area (Å²) >= 11 is 0. The fourth-order valence-electron chi connectivity index (χ4n) is 7.33. The third-order valence-electron chi connectivity index (χ3n) is 9.93. The summed E-state index contributed by atoms with van der Waals surface area (Å²) in [5, 5.41) is 4.55. The molecule has 7 aromatic carbocycles. The molecular formula is C48H31N5. The zero-order valence-electron chi connectivity index (χ0n) is 28.6. The Morgan fingerprint density at radius 3 is 1.55 bits per heavy atom. The molecule has 5 heteroatoms. The first-order chi connectivity index (χ1) is 26.3. The molecule has 10 rings (SSSR count). The molecule has 0 aliphatic rings. The SMILES string of the molecule is c1ccc(-c2cc(-c3ccc(-c4ccc(-c5nc6c7cnccc7c7ccccc7c6n5-c5ccccc5)cc4)cc3)nc(-c3ccccc3)n2)cc1. The van der Waals surface area contributed by atoms with Crippen LogP contribution in [0.25, 0.3) is 94.7 Å². The van der Waals surface area contributed by atoms with E-state index in [-0.39, 0.29) is 0 Å². The second-order valence-electron chi connectivity index (χ2n) is 13.1. The van der Waals surface area contributed by atoms with E-state index in [0.717, 1.165) is 83.5 Å². The lowest BCUT2D eigenvalue weighted by Gasteiger charge is -2.13. The van der Waals surface area contributed by atoms with Gasteiger partial charge < -0.3 is 0 Å². The number of aromatic nitrogens is 5. The molecule has 0 saturated carbocycles. The third kappa shape index (κ3) is 5.43. The molecule has 53 heavy (non-hydrogen) atoms. The number of para-hydroxylation sites is 1. The van der Waals surface area contributed by atoms with Crippen LogP contribution < -0.4 is 0 Å². The fourth-order valence-corrected chi connectivity index (χ4v) is 7.33. The number of hydrogen-bond acceptors (Lipinski definition) is 4. The minimum Gasteiger partial charge on any atom is -0.292 e. The highest BCUT2D eigenvalue weighted by Crippen LogP contribution is 2.39. The van der Waals surface area contributed by atoms with Crippen LogP contribution >= 0.6 is 0 Å². The van der Waals surface area contributed by atoms with Crippen molar-refractivity contribution in [3.8, 4) is 62.1 Å². The molecule has 0 unspecified atom stereocenters. The van der Waals surface area contributed by atoms with Crippen LogP contribution in [0.1, 0.15) is 0 Å². The summed E-state index contributed by atoms with van der Waals surface area (Å²) in [6, 6.07) is 61.0. The van der Waals surface area contributed by atoms with Gasteiger partial charge >= 0.3 is 0 Å². The van der Waals surface area contributed by atoms with Gasteiger partial charge in [0.15, 0.2) is 5.82 Å². The minimum atomic E-state index is 0.709. The Hall–Kier alpha value is -7.24. The Morgan fingerprint density at radius 1 is 0.377 bits per heavy atom. The van der Waals surface area contributed by atoms with Crippen LogP contribution in [0.5, 0.6) is 0 Å². The van der Waals surface area contributed by atoms with Gasteiger partial charge in [-0.3, -0.25) is 9.55 Å². The molecule has 0 aliphatic carbocycles. The number of hydrogen-bond donors (Lipinski definition) is 0. The Bertz CT molecular complexity index is 2840. The van der Waals surface area contributed by atoms with E-state index in [4.69, 9.17) is 15.0 Å². The Kier molecular flexibility index (Phi) is 7.40. The molecule has 0 N–H and O–H groups in total. The third-order valence-corrected chi connectivity index (χ3v) is 9.93. The molecular weight excluding hydrogens is 647 g/mol. The maximum absolute atomic E-state index is 5.35. The smallest absolute Gasteiger partial charge is 0.160 e. The van der Waals surface area contributed by atoms with Gasteiger partial charge in [-0.1, -0.05) is 152 Å². The van der Waals surface area contributed by atoms with Crippen LogP contribution in [0.15, 0.2) is 188 Å². The largest absolute Gasteiger partial charge is 0.292 e. The number of imidazole rings is 1. The Morgan fingerprint density at radius 2 is 0.887 bits per heavy atom. The second kappa shape index (κ2) is 12.8. The standard InChI is InChI=1S/C48H31N5/c1-4-12-34(13-5-1)43-30-44(51-47(50-43)36-14-6-2-7-15-36)35-24-20-32(21-25-35)33-22-26-37(27-23-33)48-52-45-42-31-49-29-28-40(42)39-18-10-11-19-41(39)46(45)53(48)38-16-8-3-9-17-38/h1-31H. The predicted molar refractivity (Wildman–Crippen MR) is 217 cm³/mol. The average molecular weight is 678 g/mol. The lowest BCUT2D eigenvalue weighted by atomic mass is 10.0. The fraction of sp³-hybridized carbons (Fsp3) is 0. The van der Waals surface area contributed by atoms with Crippen molar-refractivity contribution in [2.24, 2.45) is 0 Å². The number of nitrogens with zero attached hydrogens (tertiary/aromatic N) is 5. The van der Waals surface area contributed by atoms with E-state index in [2.05, 4.69) is 149 Å². The lowest BCUT2D eigenvalue weighted by Crippen LogP contribution is -1.98. The van der Waals surface area contributed by atoms with Crippen molar-refractivity contribution in [3.63, 3.8) is 0 Å². The van der Waals surface area contributed by atoms with E-state index < -0.39 is 0 Å². The highest BCUT2D eigenvalue weighted by molar-refractivity contribution is 6.24. The van der Waals surface area contributed by atoms with Crippen molar-refractivity contribution in [1.82, 2.24) is 24.5 Å². The first-order valence-electron chi connectivity index (χ1n) is 17.7. The zero-order valence-corrected chi connectivity index (χ0v) is 28.6. The van der Waals surface area contributed by atoms with Crippen molar-refractivity contribution in [3.05, 3.63) is 188 Å². The maximum Gasteiger partial charge on any atom is 0.160 e. The summed E-state index contributed by atoms with van der Waals surface area (Å²) in [6.07, 6.45) is 3.80. The van der Waals surface area contributed by atoms with Crippen LogP contribution in [-0.4, -0.2) is 24.5 Å². The minimum absolute atomic E-state index is 0.709. The summed E-state index contributed by atoms with van der Waals surface area (Å²) < 4.78 is 2.29. The van der Waals surface area contributed by atoms with Crippen molar-refractivity contribution in [2.45, 2.75) is 0 Å². The Balaban J connectivity index is 1.05. The first-order valence-corrected chi connectivity index (χ1v) is 17.7. The van der Waals surface area contributed by atoms with Gasteiger partial charge in [0.1, 0.15) is 5.82 Å². The van der Waals surface area contributed by atoms with Gasteiger partial charge in [-0.25, -0.2) is 15.0 Å². The van der Waals surface area contributed by atoms with Crippen LogP contribution in [0, 0.1) is 0 Å². The summed E-state index contributed by atoms with van der Waals surface area (Å²) in [5.41, 5.74) is 11.2.